The van der Waals surface area contributed by atoms with Crippen LogP contribution in [-0.2, 0) is 10.8 Å². The standard InChI is InChI=1S/C52H52O6/c1-29-17-35(5-11-43(29)53)49(36-6-12-44(54)30(2)18-36)41-22-39(9-15-47(41)57)51-24-33-21-34(25-51)27-52(26-33,28-51)40-10-16-48(58)42(23-40)50(37-7-13-45(55)31(3)19-37)38-8-14-46(56)32(4)20-38/h5-20,22-23,33-34,49-50,53-58H,21,24-28H2,1-4H3. The van der Waals surface area contributed by atoms with Gasteiger partial charge in [-0.05, 0) is 181 Å². The van der Waals surface area contributed by atoms with E-state index in [1.54, 1.807) is 24.3 Å². The maximum atomic E-state index is 11.7. The summed E-state index contributed by atoms with van der Waals surface area (Å²) in [6.07, 6.45) is 6.52. The van der Waals surface area contributed by atoms with Gasteiger partial charge in [0.1, 0.15) is 34.5 Å². The number of phenols is 6. The number of aromatic hydroxyl groups is 6. The van der Waals surface area contributed by atoms with Gasteiger partial charge in [-0.1, -0.05) is 72.8 Å². The molecule has 6 nitrogen and oxygen atoms in total. The summed E-state index contributed by atoms with van der Waals surface area (Å²) in [5.74, 6) is 1.75. The molecule has 0 spiro atoms. The van der Waals surface area contributed by atoms with E-state index >= 15 is 0 Å². The molecule has 4 saturated carbocycles. The molecular formula is C52H52O6. The van der Waals surface area contributed by atoms with Gasteiger partial charge in [0.2, 0.25) is 0 Å². The fourth-order valence-corrected chi connectivity index (χ4v) is 11.7. The molecule has 4 aliphatic carbocycles. The molecule has 0 unspecified atom stereocenters. The zero-order valence-electron chi connectivity index (χ0n) is 33.6. The minimum atomic E-state index is -0.329. The van der Waals surface area contributed by atoms with E-state index in [0.29, 0.717) is 11.8 Å². The highest BCUT2D eigenvalue weighted by atomic mass is 16.3. The molecule has 10 rings (SSSR count). The Hall–Kier alpha value is -5.88. The first kappa shape index (κ1) is 37.7. The third-order valence-corrected chi connectivity index (χ3v) is 14.2. The lowest BCUT2D eigenvalue weighted by Gasteiger charge is -2.63. The Morgan fingerprint density at radius 3 is 0.983 bits per heavy atom. The molecule has 296 valence electrons. The van der Waals surface area contributed by atoms with Crippen LogP contribution < -0.4 is 0 Å². The maximum absolute atomic E-state index is 11.7. The molecule has 0 aromatic heterocycles. The Bertz CT molecular complexity index is 2300. The highest BCUT2D eigenvalue weighted by Gasteiger charge is 2.59. The van der Waals surface area contributed by atoms with Crippen LogP contribution in [0.25, 0.3) is 0 Å². The lowest BCUT2D eigenvalue weighted by atomic mass is 9.41. The fraction of sp³-hybridized carbons (Fsp3) is 0.308. The largest absolute Gasteiger partial charge is 0.508 e. The van der Waals surface area contributed by atoms with E-state index < -0.39 is 0 Å². The summed E-state index contributed by atoms with van der Waals surface area (Å²) in [5, 5.41) is 65.3. The average molecular weight is 773 g/mol. The summed E-state index contributed by atoms with van der Waals surface area (Å²) in [4.78, 5) is 0. The van der Waals surface area contributed by atoms with Gasteiger partial charge in [0.25, 0.3) is 0 Å². The van der Waals surface area contributed by atoms with Gasteiger partial charge in [0.15, 0.2) is 0 Å². The molecule has 0 aliphatic heterocycles. The van der Waals surface area contributed by atoms with Crippen LogP contribution in [0.5, 0.6) is 34.5 Å². The summed E-state index contributed by atoms with van der Waals surface area (Å²) in [5.41, 5.74) is 10.7. The van der Waals surface area contributed by atoms with Gasteiger partial charge < -0.3 is 30.6 Å². The minimum absolute atomic E-state index is 0.105. The normalized spacial score (nSPS) is 22.2. The highest BCUT2D eigenvalue weighted by Crippen LogP contribution is 2.67. The SMILES string of the molecule is Cc1cc(C(c2ccc(O)c(C)c2)c2cc(C34CC5CC(C3)CC(c3ccc(O)c(C(c6ccc(O)c(C)c6)c6ccc(O)c(C)c6)c3)(C5)C4)ccc2O)ccc1O. The molecule has 6 aromatic rings. The smallest absolute Gasteiger partial charge is 0.119 e. The third-order valence-electron chi connectivity index (χ3n) is 14.2. The number of rotatable bonds is 8. The van der Waals surface area contributed by atoms with Crippen LogP contribution in [0.15, 0.2) is 109 Å². The van der Waals surface area contributed by atoms with Gasteiger partial charge in [-0.2, -0.15) is 0 Å². The van der Waals surface area contributed by atoms with Gasteiger partial charge in [-0.15, -0.1) is 0 Å². The average Bonchev–Trinajstić information content (AvgIpc) is 3.18. The second-order valence-corrected chi connectivity index (χ2v) is 18.1. The molecular weight excluding hydrogens is 721 g/mol. The van der Waals surface area contributed by atoms with E-state index in [1.807, 2.05) is 88.4 Å². The molecule has 4 fully saturated rings. The molecule has 6 aromatic carbocycles. The van der Waals surface area contributed by atoms with Gasteiger partial charge in [0.05, 0.1) is 0 Å². The molecule has 0 heterocycles. The molecule has 6 heteroatoms. The lowest BCUT2D eigenvalue weighted by molar-refractivity contribution is -0.0282. The van der Waals surface area contributed by atoms with Crippen molar-refractivity contribution in [3.05, 3.63) is 176 Å². The Morgan fingerprint density at radius 1 is 0.397 bits per heavy atom. The Labute approximate surface area is 340 Å². The van der Waals surface area contributed by atoms with E-state index in [-0.39, 0.29) is 57.2 Å². The van der Waals surface area contributed by atoms with Gasteiger partial charge >= 0.3 is 0 Å². The van der Waals surface area contributed by atoms with Crippen LogP contribution in [0, 0.1) is 39.5 Å². The molecule has 4 aliphatic rings. The molecule has 0 amide bonds. The summed E-state index contributed by atoms with van der Waals surface area (Å²) in [7, 11) is 0. The van der Waals surface area contributed by atoms with Crippen molar-refractivity contribution in [2.24, 2.45) is 11.8 Å². The Kier molecular flexibility index (Phi) is 9.03. The number of hydrogen-bond donors (Lipinski definition) is 6. The third kappa shape index (κ3) is 6.34. The van der Waals surface area contributed by atoms with Crippen molar-refractivity contribution in [3.63, 3.8) is 0 Å². The molecule has 58 heavy (non-hydrogen) atoms. The summed E-state index contributed by atoms with van der Waals surface area (Å²) in [6, 6.07) is 35.0. The zero-order valence-corrected chi connectivity index (χ0v) is 33.6. The van der Waals surface area contributed by atoms with Crippen molar-refractivity contribution in [1.29, 1.82) is 0 Å². The molecule has 6 N–H and O–H groups in total. The second kappa shape index (κ2) is 13.9. The number of benzene rings is 6. The predicted octanol–water partition coefficient (Wildman–Crippen LogP) is 11.3. The van der Waals surface area contributed by atoms with Gasteiger partial charge in [0, 0.05) is 23.0 Å². The van der Waals surface area contributed by atoms with E-state index in [4.69, 9.17) is 0 Å². The first-order chi connectivity index (χ1) is 27.7. The topological polar surface area (TPSA) is 121 Å². The minimum Gasteiger partial charge on any atom is -0.508 e. The molecule has 4 bridgehead atoms. The van der Waals surface area contributed by atoms with Crippen LogP contribution in [0.1, 0.15) is 117 Å². The molecule has 0 saturated heterocycles. The van der Waals surface area contributed by atoms with Crippen LogP contribution >= 0.6 is 0 Å². The Balaban J connectivity index is 1.15. The number of hydrogen-bond acceptors (Lipinski definition) is 6. The van der Waals surface area contributed by atoms with Crippen LogP contribution in [0.2, 0.25) is 0 Å². The van der Waals surface area contributed by atoms with Crippen molar-refractivity contribution in [3.8, 4) is 34.5 Å². The molecule has 0 radical (unpaired) electrons. The maximum Gasteiger partial charge on any atom is 0.119 e. The fourth-order valence-electron chi connectivity index (χ4n) is 11.7. The van der Waals surface area contributed by atoms with Gasteiger partial charge in [-0.3, -0.25) is 0 Å². The number of aryl methyl sites for hydroxylation is 4. The van der Waals surface area contributed by atoms with E-state index in [0.717, 1.165) is 87.7 Å². The molecule has 0 atom stereocenters. The first-order valence-electron chi connectivity index (χ1n) is 20.6. The number of phenolic OH excluding ortho intramolecular Hbond substituents is 6. The lowest BCUT2D eigenvalue weighted by Crippen LogP contribution is -2.56. The van der Waals surface area contributed by atoms with E-state index in [9.17, 15) is 30.6 Å². The summed E-state index contributed by atoms with van der Waals surface area (Å²) in [6.45, 7) is 7.55. The van der Waals surface area contributed by atoms with E-state index in [1.165, 1.54) is 17.5 Å². The van der Waals surface area contributed by atoms with Crippen molar-refractivity contribution in [2.45, 2.75) is 88.9 Å². The summed E-state index contributed by atoms with van der Waals surface area (Å²) < 4.78 is 0. The monoisotopic (exact) mass is 772 g/mol. The van der Waals surface area contributed by atoms with Crippen molar-refractivity contribution >= 4 is 0 Å². The quantitative estimate of drug-likeness (QED) is 0.0857. The van der Waals surface area contributed by atoms with Crippen LogP contribution in [0.3, 0.4) is 0 Å². The van der Waals surface area contributed by atoms with Crippen molar-refractivity contribution in [1.82, 2.24) is 0 Å². The van der Waals surface area contributed by atoms with E-state index in [2.05, 4.69) is 24.3 Å². The summed E-state index contributed by atoms with van der Waals surface area (Å²) >= 11 is 0. The Morgan fingerprint density at radius 2 is 0.690 bits per heavy atom. The van der Waals surface area contributed by atoms with Gasteiger partial charge in [-0.25, -0.2) is 0 Å². The van der Waals surface area contributed by atoms with Crippen LogP contribution in [-0.4, -0.2) is 30.6 Å². The zero-order chi connectivity index (χ0) is 40.7. The van der Waals surface area contributed by atoms with Crippen molar-refractivity contribution in [2.75, 3.05) is 0 Å². The first-order valence-corrected chi connectivity index (χ1v) is 20.6. The van der Waals surface area contributed by atoms with Crippen LogP contribution in [0.4, 0.5) is 0 Å². The van der Waals surface area contributed by atoms with Crippen molar-refractivity contribution < 1.29 is 30.6 Å². The predicted molar refractivity (Wildman–Crippen MR) is 228 cm³/mol. The second-order valence-electron chi connectivity index (χ2n) is 18.1. The highest BCUT2D eigenvalue weighted by molar-refractivity contribution is 5.57.